The van der Waals surface area contributed by atoms with E-state index in [0.29, 0.717) is 12.1 Å². The molecule has 11 heavy (non-hydrogen) atoms. The van der Waals surface area contributed by atoms with E-state index in [1.807, 2.05) is 6.26 Å². The fraction of sp³-hybridized carbons (Fsp3) is 0.778. The Morgan fingerprint density at radius 2 is 2.36 bits per heavy atom. The number of nitrogens with one attached hydrogen (secondary N) is 1. The zero-order chi connectivity index (χ0) is 7.52. The van der Waals surface area contributed by atoms with Crippen LogP contribution < -0.4 is 5.32 Å². The van der Waals surface area contributed by atoms with Gasteiger partial charge in [-0.1, -0.05) is 6.42 Å². The minimum absolute atomic E-state index is 0.426. The molecule has 0 bridgehead atoms. The third kappa shape index (κ3) is 1.56. The van der Waals surface area contributed by atoms with Crippen molar-refractivity contribution in [2.45, 2.75) is 37.8 Å². The summed E-state index contributed by atoms with van der Waals surface area (Å²) in [4.78, 5) is 0. The third-order valence-electron chi connectivity index (χ3n) is 2.52. The number of hydrogen-bond donors (Lipinski definition) is 1. The van der Waals surface area contributed by atoms with Gasteiger partial charge in [0, 0.05) is 12.5 Å². The topological polar surface area (TPSA) is 21.3 Å². The van der Waals surface area contributed by atoms with Gasteiger partial charge in [0.15, 0.2) is 0 Å². The second-order valence-electron chi connectivity index (χ2n) is 3.34. The van der Waals surface area contributed by atoms with E-state index in [9.17, 15) is 0 Å². The molecule has 0 aromatic rings. The van der Waals surface area contributed by atoms with Crippen molar-refractivity contribution in [3.63, 3.8) is 0 Å². The van der Waals surface area contributed by atoms with Gasteiger partial charge in [-0.15, -0.1) is 0 Å². The molecule has 0 amide bonds. The Hall–Kier alpha value is -0.500. The van der Waals surface area contributed by atoms with Crippen molar-refractivity contribution >= 4 is 0 Å². The molecule has 0 saturated carbocycles. The minimum Gasteiger partial charge on any atom is -0.496 e. The van der Waals surface area contributed by atoms with Gasteiger partial charge in [0.05, 0.1) is 6.26 Å². The molecule has 2 nitrogen and oxygen atoms in total. The van der Waals surface area contributed by atoms with Gasteiger partial charge in [-0.3, -0.25) is 0 Å². The van der Waals surface area contributed by atoms with E-state index in [4.69, 9.17) is 4.74 Å². The van der Waals surface area contributed by atoms with Crippen molar-refractivity contribution in [2.75, 3.05) is 6.54 Å². The minimum atomic E-state index is 0.426. The molecule has 2 aliphatic heterocycles. The lowest BCUT2D eigenvalue weighted by molar-refractivity contribution is 0.113. The maximum atomic E-state index is 5.45. The van der Waals surface area contributed by atoms with Gasteiger partial charge in [-0.05, 0) is 25.5 Å². The van der Waals surface area contributed by atoms with Gasteiger partial charge in [0.25, 0.3) is 0 Å². The van der Waals surface area contributed by atoms with Gasteiger partial charge in [-0.2, -0.15) is 0 Å². The number of ether oxygens (including phenoxy) is 1. The molecule has 1 fully saturated rings. The van der Waals surface area contributed by atoms with Crippen molar-refractivity contribution < 1.29 is 4.74 Å². The van der Waals surface area contributed by atoms with Crippen LogP contribution >= 0.6 is 0 Å². The van der Waals surface area contributed by atoms with E-state index in [1.165, 1.54) is 25.8 Å². The molecule has 2 aliphatic rings. The summed E-state index contributed by atoms with van der Waals surface area (Å²) in [6.07, 6.45) is 9.44. The predicted octanol–water partition coefficient (Wildman–Crippen LogP) is 1.43. The summed E-state index contributed by atoms with van der Waals surface area (Å²) in [5, 5.41) is 3.50. The smallest absolute Gasteiger partial charge is 0.117 e. The van der Waals surface area contributed by atoms with Crippen LogP contribution in [0.3, 0.4) is 0 Å². The summed E-state index contributed by atoms with van der Waals surface area (Å²) in [6.45, 7) is 1.17. The molecule has 0 aromatic carbocycles. The van der Waals surface area contributed by atoms with Crippen LogP contribution in [0.2, 0.25) is 0 Å². The first-order valence-electron chi connectivity index (χ1n) is 4.51. The molecular formula is C9H15NO. The van der Waals surface area contributed by atoms with E-state index in [1.54, 1.807) is 0 Å². The molecule has 2 rings (SSSR count). The first-order valence-corrected chi connectivity index (χ1v) is 4.51. The predicted molar refractivity (Wildman–Crippen MR) is 44.3 cm³/mol. The summed E-state index contributed by atoms with van der Waals surface area (Å²) in [6, 6.07) is 0.610. The van der Waals surface area contributed by atoms with Crippen LogP contribution in [0.25, 0.3) is 0 Å². The molecule has 2 atom stereocenters. The second kappa shape index (κ2) is 3.26. The Balaban J connectivity index is 1.83. The number of piperidine rings is 1. The maximum Gasteiger partial charge on any atom is 0.117 e. The molecule has 0 aromatic heterocycles. The Bertz CT molecular complexity index is 142. The zero-order valence-corrected chi connectivity index (χ0v) is 6.75. The van der Waals surface area contributed by atoms with Gasteiger partial charge in [-0.25, -0.2) is 0 Å². The van der Waals surface area contributed by atoms with Crippen molar-refractivity contribution in [3.8, 4) is 0 Å². The lowest BCUT2D eigenvalue weighted by atomic mass is 9.99. The molecule has 0 aliphatic carbocycles. The lowest BCUT2D eigenvalue weighted by Gasteiger charge is -2.27. The SMILES string of the molecule is C1=COC(C2CCCCN2)C1. The van der Waals surface area contributed by atoms with E-state index in [0.717, 1.165) is 6.42 Å². The van der Waals surface area contributed by atoms with Crippen molar-refractivity contribution in [1.82, 2.24) is 5.32 Å². The van der Waals surface area contributed by atoms with Crippen LogP contribution in [0.5, 0.6) is 0 Å². The van der Waals surface area contributed by atoms with Crippen molar-refractivity contribution in [3.05, 3.63) is 12.3 Å². The summed E-state index contributed by atoms with van der Waals surface area (Å²) in [5.74, 6) is 0. The van der Waals surface area contributed by atoms with Gasteiger partial charge in [0.1, 0.15) is 6.10 Å². The number of hydrogen-bond acceptors (Lipinski definition) is 2. The molecule has 1 N–H and O–H groups in total. The van der Waals surface area contributed by atoms with E-state index < -0.39 is 0 Å². The Morgan fingerprint density at radius 1 is 1.36 bits per heavy atom. The summed E-state index contributed by atoms with van der Waals surface area (Å²) >= 11 is 0. The highest BCUT2D eigenvalue weighted by atomic mass is 16.5. The monoisotopic (exact) mass is 153 g/mol. The second-order valence-corrected chi connectivity index (χ2v) is 3.34. The Labute approximate surface area is 67.6 Å². The van der Waals surface area contributed by atoms with Crippen LogP contribution in [0.1, 0.15) is 25.7 Å². The fourth-order valence-electron chi connectivity index (χ4n) is 1.86. The zero-order valence-electron chi connectivity index (χ0n) is 6.75. The van der Waals surface area contributed by atoms with Gasteiger partial charge >= 0.3 is 0 Å². The summed E-state index contributed by atoms with van der Waals surface area (Å²) in [7, 11) is 0. The molecule has 62 valence electrons. The first kappa shape index (κ1) is 7.17. The maximum absolute atomic E-state index is 5.45. The largest absolute Gasteiger partial charge is 0.496 e. The van der Waals surface area contributed by atoms with E-state index in [-0.39, 0.29) is 0 Å². The standard InChI is InChI=1S/C9H15NO/c1-2-6-10-8(4-1)9-5-3-7-11-9/h3,7-10H,1-2,4-6H2. The van der Waals surface area contributed by atoms with E-state index in [2.05, 4.69) is 11.4 Å². The molecule has 2 unspecified atom stereocenters. The molecule has 0 radical (unpaired) electrons. The highest BCUT2D eigenvalue weighted by molar-refractivity contribution is 4.93. The van der Waals surface area contributed by atoms with E-state index >= 15 is 0 Å². The Morgan fingerprint density at radius 3 is 3.00 bits per heavy atom. The third-order valence-corrected chi connectivity index (χ3v) is 2.52. The summed E-state index contributed by atoms with van der Waals surface area (Å²) in [5.41, 5.74) is 0. The van der Waals surface area contributed by atoms with Crippen LogP contribution in [0.4, 0.5) is 0 Å². The molecular weight excluding hydrogens is 138 g/mol. The average molecular weight is 153 g/mol. The van der Waals surface area contributed by atoms with Gasteiger partial charge in [0.2, 0.25) is 0 Å². The summed E-state index contributed by atoms with van der Waals surface area (Å²) < 4.78 is 5.45. The highest BCUT2D eigenvalue weighted by Crippen LogP contribution is 2.19. The molecule has 1 saturated heterocycles. The normalized spacial score (nSPS) is 37.1. The van der Waals surface area contributed by atoms with Crippen LogP contribution in [-0.4, -0.2) is 18.7 Å². The van der Waals surface area contributed by atoms with Crippen LogP contribution in [0.15, 0.2) is 12.3 Å². The average Bonchev–Trinajstić information content (AvgIpc) is 2.58. The number of rotatable bonds is 1. The molecule has 0 spiro atoms. The Kier molecular flexibility index (Phi) is 2.13. The molecule has 2 heterocycles. The van der Waals surface area contributed by atoms with Gasteiger partial charge < -0.3 is 10.1 Å². The highest BCUT2D eigenvalue weighted by Gasteiger charge is 2.24. The quantitative estimate of drug-likeness (QED) is 0.615. The fourth-order valence-corrected chi connectivity index (χ4v) is 1.86. The lowest BCUT2D eigenvalue weighted by Crippen LogP contribution is -2.42. The van der Waals surface area contributed by atoms with Crippen molar-refractivity contribution in [1.29, 1.82) is 0 Å². The van der Waals surface area contributed by atoms with Crippen LogP contribution in [-0.2, 0) is 4.74 Å². The first-order chi connectivity index (χ1) is 5.47. The van der Waals surface area contributed by atoms with Crippen molar-refractivity contribution in [2.24, 2.45) is 0 Å². The molecule has 2 heteroatoms. The van der Waals surface area contributed by atoms with Crippen LogP contribution in [0, 0.1) is 0 Å².